The van der Waals surface area contributed by atoms with Crippen LogP contribution in [0.15, 0.2) is 0 Å². The summed E-state index contributed by atoms with van der Waals surface area (Å²) in [6.07, 6.45) is 20.8. The molecule has 10 heteroatoms. The van der Waals surface area contributed by atoms with Crippen LogP contribution in [0.2, 0.25) is 4.89 Å². The summed E-state index contributed by atoms with van der Waals surface area (Å²) in [5, 5.41) is 62.3. The van der Waals surface area contributed by atoms with Gasteiger partial charge in [-0.2, -0.15) is 0 Å². The van der Waals surface area contributed by atoms with Gasteiger partial charge in [-0.15, -0.1) is 0 Å². The van der Waals surface area contributed by atoms with E-state index in [1.807, 2.05) is 0 Å². The van der Waals surface area contributed by atoms with E-state index in [1.165, 1.54) is 38.3 Å². The van der Waals surface area contributed by atoms with Crippen LogP contribution in [0.3, 0.4) is 0 Å². The van der Waals surface area contributed by atoms with Gasteiger partial charge < -0.3 is 19.8 Å². The Morgan fingerprint density at radius 2 is 0.872 bits per heavy atom. The van der Waals surface area contributed by atoms with Crippen LogP contribution in [0.1, 0.15) is 150 Å². The number of rotatable bonds is 11. The molecule has 0 aliphatic heterocycles. The Balaban J connectivity index is 0.000000862. The monoisotopic (exact) mass is 775 g/mol. The molecule has 0 spiro atoms. The summed E-state index contributed by atoms with van der Waals surface area (Å²) in [6.45, 7) is 6.86. The van der Waals surface area contributed by atoms with E-state index >= 15 is 0 Å². The standard InChI is InChI=1S/C33H60O4P.2C2H4O2.Pd/c1-4-19-38(32(5-2,24-11-7-15-28(34)20-24)25-12-8-16-29(35)21-25)33(6-3,26-13-9-17-30(36)22-26)27-14-10-18-31(37)23-27;2*1-2(3)4;/h24-31,34-37H,1,4-23H2,2-3H3;2*1H3,(H,3,4);/q;;;+2/p-2. The minimum absolute atomic E-state index is 0.144. The first-order valence-electron chi connectivity index (χ1n) is 18.6. The fraction of sp³-hybridized carbons (Fsp3) is 0.946. The summed E-state index contributed by atoms with van der Waals surface area (Å²) >= 11 is 3.53. The van der Waals surface area contributed by atoms with Gasteiger partial charge in [-0.3, -0.25) is 0 Å². The number of hydrogen-bond acceptors (Lipinski definition) is 8. The average Bonchev–Trinajstić information content (AvgIpc) is 3.00. The molecule has 4 aliphatic carbocycles. The molecule has 0 aromatic heterocycles. The summed E-state index contributed by atoms with van der Waals surface area (Å²) < 4.78 is 0. The number of aliphatic hydroxyl groups excluding tert-OH is 4. The first-order valence-corrected chi connectivity index (χ1v) is 21.3. The van der Waals surface area contributed by atoms with Crippen LogP contribution in [-0.2, 0) is 28.8 Å². The van der Waals surface area contributed by atoms with E-state index in [9.17, 15) is 20.4 Å². The van der Waals surface area contributed by atoms with Gasteiger partial charge in [0.25, 0.3) is 0 Å². The van der Waals surface area contributed by atoms with Gasteiger partial charge in [0.2, 0.25) is 0 Å². The number of carbonyl (C=O) groups is 2. The topological polar surface area (TPSA) is 161 Å². The normalized spacial score (nSPS) is 34.6. The number of carboxylic acid groups (broad SMARTS) is 2. The predicted octanol–water partition coefficient (Wildman–Crippen LogP) is 4.84. The van der Waals surface area contributed by atoms with Gasteiger partial charge in [-0.25, -0.2) is 0 Å². The molecule has 0 radical (unpaired) electrons. The van der Waals surface area contributed by atoms with Gasteiger partial charge in [0, 0.05) is 11.9 Å². The zero-order valence-electron chi connectivity index (χ0n) is 29.7. The molecule has 4 aliphatic rings. The van der Waals surface area contributed by atoms with Crippen LogP contribution in [0, 0.1) is 23.7 Å². The van der Waals surface area contributed by atoms with Crippen molar-refractivity contribution < 1.29 is 59.4 Å². The Hall–Kier alpha value is -0.128. The summed E-state index contributed by atoms with van der Waals surface area (Å²) in [4.78, 5) is 18.8. The van der Waals surface area contributed by atoms with E-state index in [0.717, 1.165) is 109 Å². The van der Waals surface area contributed by atoms with Crippen molar-refractivity contribution in [1.82, 2.24) is 0 Å². The third-order valence-electron chi connectivity index (χ3n) is 12.0. The Morgan fingerprint density at radius 1 is 0.617 bits per heavy atom. The molecule has 0 aromatic carbocycles. The second kappa shape index (κ2) is 21.3. The van der Waals surface area contributed by atoms with Crippen molar-refractivity contribution in [3.63, 3.8) is 0 Å². The van der Waals surface area contributed by atoms with Gasteiger partial charge in [0.05, 0.1) is 0 Å². The van der Waals surface area contributed by atoms with Crippen LogP contribution in [-0.4, -0.2) is 73.3 Å². The van der Waals surface area contributed by atoms with Gasteiger partial charge in [0.15, 0.2) is 0 Å². The summed E-state index contributed by atoms with van der Waals surface area (Å²) in [5.74, 6) is -0.114. The Labute approximate surface area is 297 Å². The number of aliphatic carboxylic acids is 2. The van der Waals surface area contributed by atoms with E-state index in [-0.39, 0.29) is 34.7 Å². The maximum atomic E-state index is 11.1. The van der Waals surface area contributed by atoms with E-state index in [1.54, 1.807) is 0 Å². The molecule has 47 heavy (non-hydrogen) atoms. The summed E-state index contributed by atoms with van der Waals surface area (Å²) in [7, 11) is -0.498. The molecule has 8 nitrogen and oxygen atoms in total. The number of carbonyl (C=O) groups excluding carboxylic acids is 2. The molecule has 277 valence electrons. The third kappa shape index (κ3) is 12.0. The molecular formula is C37H66O8PPd. The van der Waals surface area contributed by atoms with Crippen LogP contribution < -0.4 is 10.2 Å². The van der Waals surface area contributed by atoms with Crippen molar-refractivity contribution >= 4 is 19.9 Å². The van der Waals surface area contributed by atoms with Crippen LogP contribution in [0.25, 0.3) is 0 Å². The molecule has 0 aromatic rings. The van der Waals surface area contributed by atoms with Crippen molar-refractivity contribution in [3.8, 4) is 0 Å². The molecule has 8 atom stereocenters. The SMILES string of the molecule is CC(=O)[O-].CC(=O)[O-].CCC(C1CCCC(O)C1)(C1CCCC(O)C1)P(CC[CH2][Pd+2])C(CC)(C1CCCC(O)C1)C1CCCC(O)C1. The van der Waals surface area contributed by atoms with E-state index in [4.69, 9.17) is 19.8 Å². The van der Waals surface area contributed by atoms with E-state index in [2.05, 4.69) is 33.0 Å². The fourth-order valence-corrected chi connectivity index (χ4v) is 16.8. The van der Waals surface area contributed by atoms with Crippen molar-refractivity contribution in [3.05, 3.63) is 0 Å². The second-order valence-corrected chi connectivity index (χ2v) is 18.7. The minimum atomic E-state index is -1.08. The molecule has 4 N–H and O–H groups in total. The Kier molecular flexibility index (Phi) is 19.5. The quantitative estimate of drug-likeness (QED) is 0.171. The second-order valence-electron chi connectivity index (χ2n) is 14.9. The molecule has 0 saturated heterocycles. The number of carboxylic acids is 2. The summed E-state index contributed by atoms with van der Waals surface area (Å²) in [6, 6.07) is 0. The van der Waals surface area contributed by atoms with Crippen molar-refractivity contribution in [2.45, 2.75) is 189 Å². The Morgan fingerprint density at radius 3 is 1.06 bits per heavy atom. The van der Waals surface area contributed by atoms with Gasteiger partial charge >= 0.3 is 253 Å². The molecule has 0 heterocycles. The zero-order valence-corrected chi connectivity index (χ0v) is 32.1. The van der Waals surface area contributed by atoms with Crippen molar-refractivity contribution in [1.29, 1.82) is 0 Å². The molecule has 4 saturated carbocycles. The first-order chi connectivity index (χ1) is 22.3. The molecular weight excluding hydrogens is 710 g/mol. The molecule has 0 amide bonds. The van der Waals surface area contributed by atoms with Gasteiger partial charge in [-0.1, -0.05) is 0 Å². The van der Waals surface area contributed by atoms with Crippen LogP contribution >= 0.6 is 7.92 Å². The first kappa shape index (κ1) is 43.0. The molecule has 8 unspecified atom stereocenters. The van der Waals surface area contributed by atoms with Crippen molar-refractivity contribution in [2.24, 2.45) is 23.7 Å². The summed E-state index contributed by atoms with van der Waals surface area (Å²) in [5.41, 5.74) is 0. The Bertz CT molecular complexity index is 801. The van der Waals surface area contributed by atoms with E-state index in [0.29, 0.717) is 23.7 Å². The maximum absolute atomic E-state index is 11.1. The van der Waals surface area contributed by atoms with Crippen molar-refractivity contribution in [2.75, 3.05) is 6.16 Å². The van der Waals surface area contributed by atoms with Gasteiger partial charge in [0.1, 0.15) is 0 Å². The number of hydrogen-bond donors (Lipinski definition) is 4. The third-order valence-corrected chi connectivity index (χ3v) is 17.5. The van der Waals surface area contributed by atoms with Gasteiger partial charge in [-0.05, 0) is 13.8 Å². The van der Waals surface area contributed by atoms with E-state index < -0.39 is 19.9 Å². The van der Waals surface area contributed by atoms with Crippen LogP contribution in [0.5, 0.6) is 0 Å². The zero-order chi connectivity index (χ0) is 35.2. The molecule has 0 bridgehead atoms. The van der Waals surface area contributed by atoms with Crippen LogP contribution in [0.4, 0.5) is 0 Å². The fourth-order valence-electron chi connectivity index (χ4n) is 10.6. The molecule has 4 fully saturated rings. The molecule has 4 rings (SSSR count). The average molecular weight is 776 g/mol. The number of aliphatic hydroxyl groups is 4. The predicted molar refractivity (Wildman–Crippen MR) is 180 cm³/mol.